The van der Waals surface area contributed by atoms with Crippen molar-refractivity contribution in [2.24, 2.45) is 5.10 Å². The summed E-state index contributed by atoms with van der Waals surface area (Å²) >= 11 is 0. The van der Waals surface area contributed by atoms with Crippen LogP contribution in [0.4, 0.5) is 11.5 Å². The predicted octanol–water partition coefficient (Wildman–Crippen LogP) is 2.63. The second kappa shape index (κ2) is 5.96. The van der Waals surface area contributed by atoms with Crippen molar-refractivity contribution in [3.05, 3.63) is 70.5 Å². The van der Waals surface area contributed by atoms with Gasteiger partial charge in [-0.15, -0.1) is 10.2 Å². The highest BCUT2D eigenvalue weighted by Gasteiger charge is 2.09. The predicted molar refractivity (Wildman–Crippen MR) is 92.6 cm³/mol. The van der Waals surface area contributed by atoms with Gasteiger partial charge in [0.05, 0.1) is 22.2 Å². The fourth-order valence-electron chi connectivity index (χ4n) is 2.47. The number of anilines is 1. The van der Waals surface area contributed by atoms with Crippen molar-refractivity contribution in [2.75, 3.05) is 5.43 Å². The van der Waals surface area contributed by atoms with Crippen LogP contribution in [-0.2, 0) is 0 Å². The number of nitro groups is 1. The second-order valence-corrected chi connectivity index (χ2v) is 5.20. The highest BCUT2D eigenvalue weighted by Crippen LogP contribution is 2.19. The fraction of sp³-hybridized carbons (Fsp3) is 0. The third kappa shape index (κ3) is 2.74. The number of hydrazone groups is 1. The van der Waals surface area contributed by atoms with Gasteiger partial charge in [-0.1, -0.05) is 24.3 Å². The molecule has 4 rings (SSSR count). The van der Waals surface area contributed by atoms with Crippen molar-refractivity contribution in [2.45, 2.75) is 0 Å². The Bertz CT molecular complexity index is 1120. The lowest BCUT2D eigenvalue weighted by atomic mass is 10.2. The lowest BCUT2D eigenvalue weighted by Gasteiger charge is -2.05. The zero-order valence-electron chi connectivity index (χ0n) is 12.8. The maximum Gasteiger partial charge on any atom is 0.270 e. The smallest absolute Gasteiger partial charge is 0.270 e. The molecule has 0 saturated carbocycles. The SMILES string of the molecule is O=[N+]([O-])c1cccc(/C=N\Nc2nc3ccccc3n3cnnc23)c1. The van der Waals surface area contributed by atoms with Crippen molar-refractivity contribution in [1.29, 1.82) is 0 Å². The van der Waals surface area contributed by atoms with Gasteiger partial charge in [0.2, 0.25) is 5.65 Å². The lowest BCUT2D eigenvalue weighted by Crippen LogP contribution is -2.00. The summed E-state index contributed by atoms with van der Waals surface area (Å²) in [6.07, 6.45) is 3.09. The van der Waals surface area contributed by atoms with Crippen LogP contribution in [0.2, 0.25) is 0 Å². The van der Waals surface area contributed by atoms with Crippen molar-refractivity contribution >= 4 is 34.4 Å². The number of non-ortho nitro benzene ring substituents is 1. The van der Waals surface area contributed by atoms with E-state index in [2.05, 4.69) is 25.7 Å². The molecule has 9 heteroatoms. The van der Waals surface area contributed by atoms with Crippen LogP contribution in [0.5, 0.6) is 0 Å². The van der Waals surface area contributed by atoms with Gasteiger partial charge < -0.3 is 0 Å². The Morgan fingerprint density at radius 1 is 1.20 bits per heavy atom. The average Bonchev–Trinajstić information content (AvgIpc) is 3.12. The quantitative estimate of drug-likeness (QED) is 0.349. The third-order valence-electron chi connectivity index (χ3n) is 3.60. The molecule has 0 atom stereocenters. The molecule has 0 bridgehead atoms. The van der Waals surface area contributed by atoms with Crippen LogP contribution in [0.3, 0.4) is 0 Å². The van der Waals surface area contributed by atoms with E-state index in [4.69, 9.17) is 0 Å². The maximum atomic E-state index is 10.8. The molecule has 122 valence electrons. The van der Waals surface area contributed by atoms with E-state index in [1.54, 1.807) is 18.5 Å². The number of hydrogen-bond donors (Lipinski definition) is 1. The molecule has 1 N–H and O–H groups in total. The number of fused-ring (bicyclic) bond motifs is 3. The molecule has 0 saturated heterocycles. The van der Waals surface area contributed by atoms with E-state index in [-0.39, 0.29) is 5.69 Å². The van der Waals surface area contributed by atoms with Crippen LogP contribution < -0.4 is 5.43 Å². The summed E-state index contributed by atoms with van der Waals surface area (Å²) in [5.41, 5.74) is 5.62. The summed E-state index contributed by atoms with van der Waals surface area (Å²) < 4.78 is 1.81. The van der Waals surface area contributed by atoms with Crippen LogP contribution in [0.25, 0.3) is 16.7 Å². The average molecular weight is 333 g/mol. The first-order valence-electron chi connectivity index (χ1n) is 7.34. The highest BCUT2D eigenvalue weighted by atomic mass is 16.6. The van der Waals surface area contributed by atoms with Crippen molar-refractivity contribution < 1.29 is 4.92 Å². The Hall–Kier alpha value is -3.88. The number of nitro benzene ring substituents is 1. The Labute approximate surface area is 140 Å². The number of para-hydroxylation sites is 2. The molecule has 4 aromatic rings. The van der Waals surface area contributed by atoms with Crippen molar-refractivity contribution in [3.8, 4) is 0 Å². The summed E-state index contributed by atoms with van der Waals surface area (Å²) in [5, 5.41) is 22.9. The van der Waals surface area contributed by atoms with E-state index >= 15 is 0 Å². The van der Waals surface area contributed by atoms with Crippen LogP contribution in [-0.4, -0.2) is 30.7 Å². The third-order valence-corrected chi connectivity index (χ3v) is 3.60. The first-order valence-corrected chi connectivity index (χ1v) is 7.34. The molecule has 0 fully saturated rings. The monoisotopic (exact) mass is 333 g/mol. The molecule has 0 aliphatic carbocycles. The van der Waals surface area contributed by atoms with Crippen molar-refractivity contribution in [1.82, 2.24) is 19.6 Å². The summed E-state index contributed by atoms with van der Waals surface area (Å²) in [5.74, 6) is 0.442. The second-order valence-electron chi connectivity index (χ2n) is 5.20. The molecule has 0 unspecified atom stereocenters. The van der Waals surface area contributed by atoms with Gasteiger partial charge in [-0.3, -0.25) is 19.9 Å². The minimum Gasteiger partial charge on any atom is -0.277 e. The topological polar surface area (TPSA) is 111 Å². The van der Waals surface area contributed by atoms with Crippen LogP contribution in [0, 0.1) is 10.1 Å². The number of hydrogen-bond acceptors (Lipinski definition) is 7. The van der Waals surface area contributed by atoms with Gasteiger partial charge in [-0.2, -0.15) is 5.10 Å². The van der Waals surface area contributed by atoms with Gasteiger partial charge in [0.15, 0.2) is 5.82 Å². The van der Waals surface area contributed by atoms with Crippen LogP contribution in [0.15, 0.2) is 60.0 Å². The summed E-state index contributed by atoms with van der Waals surface area (Å²) in [6, 6.07) is 13.8. The number of nitrogens with zero attached hydrogens (tertiary/aromatic N) is 6. The molecule has 0 amide bonds. The number of aromatic nitrogens is 4. The van der Waals surface area contributed by atoms with E-state index in [9.17, 15) is 10.1 Å². The molecule has 2 aromatic carbocycles. The molecule has 2 aromatic heterocycles. The maximum absolute atomic E-state index is 10.8. The lowest BCUT2D eigenvalue weighted by molar-refractivity contribution is -0.384. The van der Waals surface area contributed by atoms with Crippen LogP contribution >= 0.6 is 0 Å². The Balaban J connectivity index is 1.67. The van der Waals surface area contributed by atoms with Gasteiger partial charge in [-0.25, -0.2) is 4.98 Å². The Morgan fingerprint density at radius 3 is 2.96 bits per heavy atom. The van der Waals surface area contributed by atoms with Gasteiger partial charge in [-0.05, 0) is 12.1 Å². The molecule has 9 nitrogen and oxygen atoms in total. The van der Waals surface area contributed by atoms with E-state index < -0.39 is 4.92 Å². The standard InChI is InChI=1S/C16H11N7O2/c24-23(25)12-5-3-4-11(8-12)9-17-20-15-16-21-18-10-22(16)14-7-2-1-6-13(14)19-15/h1-10H,(H,19,20)/b17-9-. The first kappa shape index (κ1) is 14.7. The van der Waals surface area contributed by atoms with Gasteiger partial charge in [0, 0.05) is 17.7 Å². The molecular weight excluding hydrogens is 322 g/mol. The van der Waals surface area contributed by atoms with Gasteiger partial charge in [0.25, 0.3) is 5.69 Å². The first-order chi connectivity index (χ1) is 12.2. The minimum absolute atomic E-state index is 0.00706. The van der Waals surface area contributed by atoms with E-state index in [0.29, 0.717) is 17.0 Å². The Morgan fingerprint density at radius 2 is 2.08 bits per heavy atom. The molecule has 0 radical (unpaired) electrons. The van der Waals surface area contributed by atoms with Gasteiger partial charge in [0.1, 0.15) is 6.33 Å². The largest absolute Gasteiger partial charge is 0.277 e. The van der Waals surface area contributed by atoms with Crippen LogP contribution in [0.1, 0.15) is 5.56 Å². The number of nitrogens with one attached hydrogen (secondary N) is 1. The molecule has 2 heterocycles. The fourth-order valence-corrected chi connectivity index (χ4v) is 2.47. The zero-order valence-corrected chi connectivity index (χ0v) is 12.8. The summed E-state index contributed by atoms with van der Waals surface area (Å²) in [7, 11) is 0. The molecular formula is C16H11N7O2. The van der Waals surface area contributed by atoms with Crippen molar-refractivity contribution in [3.63, 3.8) is 0 Å². The highest BCUT2D eigenvalue weighted by molar-refractivity contribution is 5.84. The molecule has 0 spiro atoms. The van der Waals surface area contributed by atoms with E-state index in [1.165, 1.54) is 18.3 Å². The summed E-state index contributed by atoms with van der Waals surface area (Å²) in [4.78, 5) is 14.9. The van der Waals surface area contributed by atoms with E-state index in [1.807, 2.05) is 28.7 Å². The van der Waals surface area contributed by atoms with E-state index in [0.717, 1.165) is 11.0 Å². The van der Waals surface area contributed by atoms with Gasteiger partial charge >= 0.3 is 0 Å². The number of rotatable bonds is 4. The minimum atomic E-state index is -0.449. The molecule has 0 aliphatic rings. The number of benzene rings is 2. The summed E-state index contributed by atoms with van der Waals surface area (Å²) in [6.45, 7) is 0. The zero-order chi connectivity index (χ0) is 17.2. The normalized spacial score (nSPS) is 11.4. The molecule has 0 aliphatic heterocycles. The molecule has 25 heavy (non-hydrogen) atoms. The Kier molecular flexibility index (Phi) is 3.51.